The van der Waals surface area contributed by atoms with Gasteiger partial charge in [0.05, 0.1) is 23.5 Å². The summed E-state index contributed by atoms with van der Waals surface area (Å²) in [4.78, 5) is 13.8. The van der Waals surface area contributed by atoms with Crippen LogP contribution in [0.3, 0.4) is 0 Å². The van der Waals surface area contributed by atoms with Gasteiger partial charge >= 0.3 is 6.18 Å². The number of halogens is 4. The normalized spacial score (nSPS) is 11.4. The van der Waals surface area contributed by atoms with Crippen LogP contribution in [0.5, 0.6) is 5.75 Å². The lowest BCUT2D eigenvalue weighted by atomic mass is 10.2. The van der Waals surface area contributed by atoms with Crippen molar-refractivity contribution in [2.75, 3.05) is 13.7 Å². The van der Waals surface area contributed by atoms with Crippen LogP contribution in [0.15, 0.2) is 30.5 Å². The first-order valence-electron chi connectivity index (χ1n) is 6.89. The first kappa shape index (κ1) is 18.1. The standard InChI is InChI=1S/C15H15ClF3N3O2/c1-21(8-13-12(16)7-20-22(13)2)14(23)10-4-3-5-11(6-10)24-9-15(17,18)19/h3-7H,8-9H2,1-2H3. The maximum Gasteiger partial charge on any atom is 0.422 e. The monoisotopic (exact) mass is 361 g/mol. The Bertz CT molecular complexity index is 711. The smallest absolute Gasteiger partial charge is 0.422 e. The Morgan fingerprint density at radius 3 is 2.71 bits per heavy atom. The molecule has 24 heavy (non-hydrogen) atoms. The molecule has 0 atom stereocenters. The van der Waals surface area contributed by atoms with Crippen molar-refractivity contribution in [3.8, 4) is 5.75 Å². The first-order valence-corrected chi connectivity index (χ1v) is 7.26. The van der Waals surface area contributed by atoms with Crippen molar-refractivity contribution in [2.45, 2.75) is 12.7 Å². The van der Waals surface area contributed by atoms with Crippen LogP contribution >= 0.6 is 11.6 Å². The molecule has 0 aliphatic rings. The molecular formula is C15H15ClF3N3O2. The van der Waals surface area contributed by atoms with Gasteiger partial charge in [0.15, 0.2) is 6.61 Å². The molecule has 0 aliphatic heterocycles. The van der Waals surface area contributed by atoms with Crippen LogP contribution in [-0.4, -0.2) is 40.4 Å². The molecule has 1 heterocycles. The van der Waals surface area contributed by atoms with E-state index in [9.17, 15) is 18.0 Å². The number of aromatic nitrogens is 2. The molecule has 0 unspecified atom stereocenters. The minimum atomic E-state index is -4.44. The highest BCUT2D eigenvalue weighted by atomic mass is 35.5. The molecule has 0 saturated heterocycles. The Balaban J connectivity index is 2.09. The van der Waals surface area contributed by atoms with Crippen LogP contribution in [0.25, 0.3) is 0 Å². The second kappa shape index (κ2) is 7.12. The molecule has 2 rings (SSSR count). The second-order valence-electron chi connectivity index (χ2n) is 5.16. The van der Waals surface area contributed by atoms with E-state index in [1.54, 1.807) is 18.8 Å². The number of alkyl halides is 3. The average molecular weight is 362 g/mol. The molecule has 1 aromatic carbocycles. The summed E-state index contributed by atoms with van der Waals surface area (Å²) in [5.41, 5.74) is 0.868. The SMILES string of the molecule is CN(Cc1c(Cl)cnn1C)C(=O)c1cccc(OCC(F)(F)F)c1. The predicted molar refractivity (Wildman–Crippen MR) is 82.0 cm³/mol. The van der Waals surface area contributed by atoms with Crippen LogP contribution in [-0.2, 0) is 13.6 Å². The highest BCUT2D eigenvalue weighted by Crippen LogP contribution is 2.21. The number of nitrogens with zero attached hydrogens (tertiary/aromatic N) is 3. The van der Waals surface area contributed by atoms with E-state index in [0.717, 1.165) is 0 Å². The number of carbonyl (C=O) groups is 1. The number of carbonyl (C=O) groups excluding carboxylic acids is 1. The van der Waals surface area contributed by atoms with Gasteiger partial charge in [0.1, 0.15) is 5.75 Å². The molecule has 0 bridgehead atoms. The molecule has 9 heteroatoms. The third-order valence-electron chi connectivity index (χ3n) is 3.23. The van der Waals surface area contributed by atoms with E-state index in [0.29, 0.717) is 10.7 Å². The number of ether oxygens (including phenoxy) is 1. The molecule has 0 radical (unpaired) electrons. The van der Waals surface area contributed by atoms with Crippen LogP contribution in [0.2, 0.25) is 5.02 Å². The van der Waals surface area contributed by atoms with E-state index < -0.39 is 12.8 Å². The number of amides is 1. The van der Waals surface area contributed by atoms with E-state index in [1.807, 2.05) is 0 Å². The van der Waals surface area contributed by atoms with Gasteiger partial charge in [-0.15, -0.1) is 0 Å². The molecule has 0 saturated carbocycles. The number of aryl methyl sites for hydroxylation is 1. The van der Waals surface area contributed by atoms with Crippen molar-refractivity contribution < 1.29 is 22.7 Å². The molecule has 2 aromatic rings. The van der Waals surface area contributed by atoms with Crippen molar-refractivity contribution in [1.82, 2.24) is 14.7 Å². The molecule has 0 spiro atoms. The summed E-state index contributed by atoms with van der Waals surface area (Å²) in [6.45, 7) is -1.20. The van der Waals surface area contributed by atoms with Gasteiger partial charge in [-0.05, 0) is 18.2 Å². The molecule has 1 amide bonds. The fraction of sp³-hybridized carbons (Fsp3) is 0.333. The lowest BCUT2D eigenvalue weighted by Crippen LogP contribution is -2.27. The molecule has 5 nitrogen and oxygen atoms in total. The number of benzene rings is 1. The quantitative estimate of drug-likeness (QED) is 0.821. The van der Waals surface area contributed by atoms with E-state index in [4.69, 9.17) is 11.6 Å². The zero-order valence-corrected chi connectivity index (χ0v) is 13.7. The minimum absolute atomic E-state index is 0.0230. The van der Waals surface area contributed by atoms with Crippen LogP contribution in [0, 0.1) is 0 Å². The summed E-state index contributed by atoms with van der Waals surface area (Å²) in [6.07, 6.45) is -2.96. The van der Waals surface area contributed by atoms with Crippen molar-refractivity contribution in [1.29, 1.82) is 0 Å². The largest absolute Gasteiger partial charge is 0.484 e. The Morgan fingerprint density at radius 2 is 2.12 bits per heavy atom. The fourth-order valence-corrected chi connectivity index (χ4v) is 2.24. The van der Waals surface area contributed by atoms with Gasteiger partial charge < -0.3 is 9.64 Å². The third kappa shape index (κ3) is 4.64. The van der Waals surface area contributed by atoms with Gasteiger partial charge in [0, 0.05) is 19.7 Å². The Morgan fingerprint density at radius 1 is 1.42 bits per heavy atom. The summed E-state index contributed by atoms with van der Waals surface area (Å²) < 4.78 is 42.8. The third-order valence-corrected chi connectivity index (χ3v) is 3.54. The van der Waals surface area contributed by atoms with Crippen molar-refractivity contribution in [3.05, 3.63) is 46.7 Å². The molecule has 0 fully saturated rings. The second-order valence-corrected chi connectivity index (χ2v) is 5.56. The number of hydrogen-bond donors (Lipinski definition) is 0. The van der Waals surface area contributed by atoms with Crippen molar-refractivity contribution >= 4 is 17.5 Å². The van der Waals surface area contributed by atoms with Gasteiger partial charge in [0.25, 0.3) is 5.91 Å². The van der Waals surface area contributed by atoms with Gasteiger partial charge in [-0.1, -0.05) is 17.7 Å². The summed E-state index contributed by atoms with van der Waals surface area (Å²) in [6, 6.07) is 5.60. The van der Waals surface area contributed by atoms with Gasteiger partial charge in [-0.2, -0.15) is 18.3 Å². The molecule has 0 N–H and O–H groups in total. The first-order chi connectivity index (χ1) is 11.2. The Labute approximate surface area is 141 Å². The Kier molecular flexibility index (Phi) is 5.38. The topological polar surface area (TPSA) is 47.4 Å². The summed E-state index contributed by atoms with van der Waals surface area (Å²) >= 11 is 6.00. The maximum absolute atomic E-state index is 12.4. The fourth-order valence-electron chi connectivity index (χ4n) is 2.01. The average Bonchev–Trinajstić information content (AvgIpc) is 2.83. The van der Waals surface area contributed by atoms with Gasteiger partial charge in [-0.25, -0.2) is 0 Å². The lowest BCUT2D eigenvalue weighted by molar-refractivity contribution is -0.153. The van der Waals surface area contributed by atoms with Gasteiger partial charge in [-0.3, -0.25) is 9.48 Å². The summed E-state index contributed by atoms with van der Waals surface area (Å²) in [5, 5.41) is 4.41. The van der Waals surface area contributed by atoms with Crippen molar-refractivity contribution in [3.63, 3.8) is 0 Å². The van der Waals surface area contributed by atoms with Gasteiger partial charge in [0.2, 0.25) is 0 Å². The minimum Gasteiger partial charge on any atom is -0.484 e. The van der Waals surface area contributed by atoms with E-state index in [1.165, 1.54) is 35.4 Å². The number of hydrogen-bond acceptors (Lipinski definition) is 3. The van der Waals surface area contributed by atoms with E-state index in [2.05, 4.69) is 9.84 Å². The van der Waals surface area contributed by atoms with E-state index in [-0.39, 0.29) is 23.8 Å². The van der Waals surface area contributed by atoms with Crippen LogP contribution in [0.4, 0.5) is 13.2 Å². The summed E-state index contributed by atoms with van der Waals surface area (Å²) in [5.74, 6) is -0.394. The zero-order chi connectivity index (χ0) is 17.9. The van der Waals surface area contributed by atoms with E-state index >= 15 is 0 Å². The number of rotatable bonds is 5. The summed E-state index contributed by atoms with van der Waals surface area (Å²) in [7, 11) is 3.26. The Hall–Kier alpha value is -2.22. The lowest BCUT2D eigenvalue weighted by Gasteiger charge is -2.18. The highest BCUT2D eigenvalue weighted by Gasteiger charge is 2.28. The molecule has 1 aromatic heterocycles. The van der Waals surface area contributed by atoms with Crippen LogP contribution < -0.4 is 4.74 Å². The zero-order valence-electron chi connectivity index (χ0n) is 13.0. The van der Waals surface area contributed by atoms with Crippen LogP contribution in [0.1, 0.15) is 16.1 Å². The maximum atomic E-state index is 12.4. The molecule has 0 aliphatic carbocycles. The molecule has 130 valence electrons. The molecular weight excluding hydrogens is 347 g/mol. The highest BCUT2D eigenvalue weighted by molar-refractivity contribution is 6.31. The predicted octanol–water partition coefficient (Wildman–Crippen LogP) is 3.29. The van der Waals surface area contributed by atoms with Crippen molar-refractivity contribution in [2.24, 2.45) is 7.05 Å².